The Kier molecular flexibility index (Phi) is 3.62. The number of aryl methyl sites for hydroxylation is 2. The van der Waals surface area contributed by atoms with E-state index in [2.05, 4.69) is 9.71 Å². The fourth-order valence-corrected chi connectivity index (χ4v) is 3.37. The van der Waals surface area contributed by atoms with Crippen molar-refractivity contribution in [1.82, 2.24) is 9.55 Å². The average Bonchev–Trinajstić information content (AvgIpc) is 2.88. The van der Waals surface area contributed by atoms with Gasteiger partial charge in [-0.05, 0) is 42.3 Å². The Hall–Kier alpha value is -2.34. The second-order valence-electron chi connectivity index (χ2n) is 5.16. The minimum Gasteiger partial charge on any atom is -0.334 e. The van der Waals surface area contributed by atoms with Crippen LogP contribution in [0.2, 0.25) is 0 Å². The lowest BCUT2D eigenvalue weighted by Crippen LogP contribution is -2.12. The van der Waals surface area contributed by atoms with E-state index in [1.807, 2.05) is 36.7 Å². The molecule has 0 aliphatic heterocycles. The summed E-state index contributed by atoms with van der Waals surface area (Å²) in [6.45, 7) is 2.03. The first kappa shape index (κ1) is 14.6. The van der Waals surface area contributed by atoms with E-state index in [4.69, 9.17) is 0 Å². The van der Waals surface area contributed by atoms with Gasteiger partial charge in [0, 0.05) is 7.05 Å². The number of rotatable bonds is 4. The Bertz CT molecular complexity index is 912. The maximum absolute atomic E-state index is 12.4. The Balaban J connectivity index is 1.91. The molecule has 1 N–H and O–H groups in total. The van der Waals surface area contributed by atoms with Gasteiger partial charge in [-0.1, -0.05) is 19.1 Å². The summed E-state index contributed by atoms with van der Waals surface area (Å²) >= 11 is 0. The molecule has 0 radical (unpaired) electrons. The van der Waals surface area contributed by atoms with Crippen LogP contribution in [0.15, 0.2) is 53.7 Å². The Morgan fingerprint density at radius 1 is 1.14 bits per heavy atom. The molecule has 22 heavy (non-hydrogen) atoms. The van der Waals surface area contributed by atoms with Crippen LogP contribution in [0.5, 0.6) is 0 Å². The zero-order valence-electron chi connectivity index (χ0n) is 12.4. The summed E-state index contributed by atoms with van der Waals surface area (Å²) < 4.78 is 29.3. The van der Waals surface area contributed by atoms with E-state index in [0.29, 0.717) is 5.69 Å². The molecular weight excluding hydrogens is 298 g/mol. The smallest absolute Gasteiger partial charge is 0.261 e. The molecule has 5 nitrogen and oxygen atoms in total. The largest absolute Gasteiger partial charge is 0.334 e. The van der Waals surface area contributed by atoms with Crippen molar-refractivity contribution in [3.63, 3.8) is 0 Å². The van der Waals surface area contributed by atoms with E-state index in [1.54, 1.807) is 30.6 Å². The van der Waals surface area contributed by atoms with Gasteiger partial charge in [0.2, 0.25) is 0 Å². The lowest BCUT2D eigenvalue weighted by Gasteiger charge is -2.09. The van der Waals surface area contributed by atoms with Crippen LogP contribution in [0.1, 0.15) is 12.5 Å². The van der Waals surface area contributed by atoms with Gasteiger partial charge in [0.25, 0.3) is 10.0 Å². The molecule has 0 saturated heterocycles. The van der Waals surface area contributed by atoms with Crippen LogP contribution >= 0.6 is 0 Å². The molecule has 0 unspecified atom stereocenters. The molecular formula is C16H17N3O2S. The van der Waals surface area contributed by atoms with E-state index in [-0.39, 0.29) is 4.90 Å². The second-order valence-corrected chi connectivity index (χ2v) is 6.84. The molecule has 6 heteroatoms. The number of nitrogens with one attached hydrogen (secondary N) is 1. The van der Waals surface area contributed by atoms with Crippen molar-refractivity contribution < 1.29 is 8.42 Å². The monoisotopic (exact) mass is 315 g/mol. The van der Waals surface area contributed by atoms with Gasteiger partial charge in [-0.25, -0.2) is 13.4 Å². The molecule has 0 bridgehead atoms. The zero-order valence-corrected chi connectivity index (χ0v) is 13.3. The lowest BCUT2D eigenvalue weighted by atomic mass is 10.2. The molecule has 0 atom stereocenters. The van der Waals surface area contributed by atoms with Crippen molar-refractivity contribution in [2.75, 3.05) is 4.72 Å². The van der Waals surface area contributed by atoms with Crippen LogP contribution < -0.4 is 4.72 Å². The van der Waals surface area contributed by atoms with Crippen LogP contribution in [-0.4, -0.2) is 18.0 Å². The van der Waals surface area contributed by atoms with Crippen molar-refractivity contribution >= 4 is 26.7 Å². The van der Waals surface area contributed by atoms with E-state index in [9.17, 15) is 8.42 Å². The van der Waals surface area contributed by atoms with Crippen molar-refractivity contribution in [3.8, 4) is 0 Å². The highest BCUT2D eigenvalue weighted by atomic mass is 32.2. The van der Waals surface area contributed by atoms with E-state index < -0.39 is 10.0 Å². The number of hydrogen-bond donors (Lipinski definition) is 1. The van der Waals surface area contributed by atoms with Crippen LogP contribution in [0.4, 0.5) is 5.69 Å². The number of nitrogens with zero attached hydrogens (tertiary/aromatic N) is 2. The zero-order chi connectivity index (χ0) is 15.7. The molecule has 3 aromatic rings. The maximum atomic E-state index is 12.4. The quantitative estimate of drug-likeness (QED) is 0.805. The number of fused-ring (bicyclic) bond motifs is 1. The first-order valence-electron chi connectivity index (χ1n) is 7.02. The molecule has 1 aromatic heterocycles. The van der Waals surface area contributed by atoms with Crippen LogP contribution in [0.25, 0.3) is 11.0 Å². The van der Waals surface area contributed by atoms with Gasteiger partial charge >= 0.3 is 0 Å². The van der Waals surface area contributed by atoms with Crippen molar-refractivity contribution in [2.45, 2.75) is 18.2 Å². The third kappa shape index (κ3) is 2.69. The van der Waals surface area contributed by atoms with Gasteiger partial charge in [-0.3, -0.25) is 4.72 Å². The highest BCUT2D eigenvalue weighted by molar-refractivity contribution is 7.92. The predicted octanol–water partition coefficient (Wildman–Crippen LogP) is 2.94. The normalized spacial score (nSPS) is 11.7. The van der Waals surface area contributed by atoms with Crippen molar-refractivity contribution in [3.05, 3.63) is 54.4 Å². The summed E-state index contributed by atoms with van der Waals surface area (Å²) in [7, 11) is -1.69. The minimum atomic E-state index is -3.58. The summed E-state index contributed by atoms with van der Waals surface area (Å²) in [5, 5.41) is 0. The summed E-state index contributed by atoms with van der Waals surface area (Å²) in [6.07, 6.45) is 2.58. The third-order valence-electron chi connectivity index (χ3n) is 3.62. The Morgan fingerprint density at radius 2 is 1.86 bits per heavy atom. The van der Waals surface area contributed by atoms with Crippen LogP contribution in [0, 0.1) is 0 Å². The van der Waals surface area contributed by atoms with Gasteiger partial charge in [0.05, 0.1) is 27.9 Å². The molecule has 0 amide bonds. The summed E-state index contributed by atoms with van der Waals surface area (Å²) in [4.78, 5) is 4.49. The summed E-state index contributed by atoms with van der Waals surface area (Å²) in [6, 6.07) is 12.2. The number of hydrogen-bond acceptors (Lipinski definition) is 3. The van der Waals surface area contributed by atoms with E-state index in [1.165, 1.54) is 0 Å². The molecule has 3 rings (SSSR count). The topological polar surface area (TPSA) is 64.0 Å². The van der Waals surface area contributed by atoms with Crippen molar-refractivity contribution in [1.29, 1.82) is 0 Å². The number of aromatic nitrogens is 2. The number of sulfonamides is 1. The third-order valence-corrected chi connectivity index (χ3v) is 5.02. The highest BCUT2D eigenvalue weighted by Crippen LogP contribution is 2.21. The Morgan fingerprint density at radius 3 is 2.55 bits per heavy atom. The molecule has 0 spiro atoms. The van der Waals surface area contributed by atoms with Gasteiger partial charge in [0.1, 0.15) is 0 Å². The van der Waals surface area contributed by atoms with Crippen LogP contribution in [-0.2, 0) is 23.5 Å². The molecule has 0 fully saturated rings. The van der Waals surface area contributed by atoms with Gasteiger partial charge in [0.15, 0.2) is 0 Å². The highest BCUT2D eigenvalue weighted by Gasteiger charge is 2.14. The molecule has 0 aliphatic rings. The van der Waals surface area contributed by atoms with E-state index in [0.717, 1.165) is 23.0 Å². The first-order chi connectivity index (χ1) is 10.5. The number of anilines is 1. The first-order valence-corrected chi connectivity index (χ1v) is 8.51. The predicted molar refractivity (Wildman–Crippen MR) is 87.3 cm³/mol. The van der Waals surface area contributed by atoms with E-state index >= 15 is 0 Å². The maximum Gasteiger partial charge on any atom is 0.261 e. The Labute approximate surface area is 129 Å². The summed E-state index contributed by atoms with van der Waals surface area (Å²) in [5.41, 5.74) is 3.32. The number of imidazole rings is 1. The SMILES string of the molecule is CCc1ccc(S(=O)(=O)Nc2ccc3c(c2)ncn3C)cc1. The standard InChI is InChI=1S/C16H17N3O2S/c1-3-12-4-7-14(8-5-12)22(20,21)18-13-6-9-16-15(10-13)17-11-19(16)2/h4-11,18H,3H2,1-2H3. The van der Waals surface area contributed by atoms with Gasteiger partial charge < -0.3 is 4.57 Å². The molecule has 1 heterocycles. The van der Waals surface area contributed by atoms with Crippen molar-refractivity contribution in [2.24, 2.45) is 7.05 Å². The lowest BCUT2D eigenvalue weighted by molar-refractivity contribution is 0.601. The fraction of sp³-hybridized carbons (Fsp3) is 0.188. The second kappa shape index (κ2) is 5.46. The molecule has 2 aromatic carbocycles. The molecule has 0 saturated carbocycles. The average molecular weight is 315 g/mol. The molecule has 114 valence electrons. The number of benzene rings is 2. The summed E-state index contributed by atoms with van der Waals surface area (Å²) in [5.74, 6) is 0. The van der Waals surface area contributed by atoms with Crippen LogP contribution in [0.3, 0.4) is 0 Å². The molecule has 0 aliphatic carbocycles. The van der Waals surface area contributed by atoms with Gasteiger partial charge in [-0.2, -0.15) is 0 Å². The fourth-order valence-electron chi connectivity index (χ4n) is 2.32. The minimum absolute atomic E-state index is 0.255. The van der Waals surface area contributed by atoms with Gasteiger partial charge in [-0.15, -0.1) is 0 Å².